The highest BCUT2D eigenvalue weighted by Crippen LogP contribution is 2.38. The average Bonchev–Trinajstić information content (AvgIpc) is 3.43. The molecule has 0 spiro atoms. The molecule has 2 atom stereocenters. The zero-order chi connectivity index (χ0) is 45.2. The summed E-state index contributed by atoms with van der Waals surface area (Å²) in [6.07, 6.45) is 31.5. The van der Waals surface area contributed by atoms with Gasteiger partial charge in [0.05, 0.1) is 0 Å². The molecule has 0 N–H and O–H groups in total. The minimum atomic E-state index is -0.00441. The summed E-state index contributed by atoms with van der Waals surface area (Å²) in [6, 6.07) is 52.6. The summed E-state index contributed by atoms with van der Waals surface area (Å²) in [5, 5.41) is 4.71. The molecule has 0 saturated carbocycles. The number of hydrogen-bond acceptors (Lipinski definition) is 5. The van der Waals surface area contributed by atoms with Gasteiger partial charge in [-0.3, -0.25) is 9.97 Å². The van der Waals surface area contributed by atoms with Crippen molar-refractivity contribution >= 4 is 38.3 Å². The Kier molecular flexibility index (Phi) is 10.9. The van der Waals surface area contributed by atoms with Crippen molar-refractivity contribution in [3.05, 3.63) is 253 Å². The van der Waals surface area contributed by atoms with E-state index in [2.05, 4.69) is 210 Å². The van der Waals surface area contributed by atoms with E-state index in [9.17, 15) is 0 Å². The van der Waals surface area contributed by atoms with Gasteiger partial charge in [-0.1, -0.05) is 176 Å². The molecule has 324 valence electrons. The molecule has 6 aromatic carbocycles. The number of benzene rings is 6. The van der Waals surface area contributed by atoms with Gasteiger partial charge in [-0.05, 0) is 128 Å². The Labute approximate surface area is 397 Å². The lowest BCUT2D eigenvalue weighted by atomic mass is 9.86. The molecule has 3 heterocycles. The normalized spacial score (nSPS) is 16.7. The van der Waals surface area contributed by atoms with E-state index in [0.717, 1.165) is 59.2 Å². The maximum atomic E-state index is 5.29. The van der Waals surface area contributed by atoms with Crippen LogP contribution in [0.1, 0.15) is 65.9 Å². The molecule has 68 heavy (non-hydrogen) atoms. The van der Waals surface area contributed by atoms with Crippen molar-refractivity contribution in [2.75, 3.05) is 0 Å². The fourth-order valence-corrected chi connectivity index (χ4v) is 10.0. The van der Waals surface area contributed by atoms with Crippen LogP contribution in [0.5, 0.6) is 0 Å². The van der Waals surface area contributed by atoms with E-state index >= 15 is 0 Å². The van der Waals surface area contributed by atoms with E-state index in [1.165, 1.54) is 72.0 Å². The second kappa shape index (κ2) is 18.1. The van der Waals surface area contributed by atoms with Crippen molar-refractivity contribution in [2.24, 2.45) is 0 Å². The molecule has 0 radical (unpaired) electrons. The molecule has 2 unspecified atom stereocenters. The maximum Gasteiger partial charge on any atom is 0.163 e. The number of aromatic nitrogens is 5. The van der Waals surface area contributed by atoms with Gasteiger partial charge in [0.2, 0.25) is 0 Å². The van der Waals surface area contributed by atoms with Crippen LogP contribution in [0, 0.1) is 0 Å². The third-order valence-corrected chi connectivity index (χ3v) is 13.6. The lowest BCUT2D eigenvalue weighted by Crippen LogP contribution is -2.11. The highest BCUT2D eigenvalue weighted by molar-refractivity contribution is 5.97. The molecular weight excluding hydrogens is 827 g/mol. The number of hydrogen-bond donors (Lipinski definition) is 0. The van der Waals surface area contributed by atoms with Crippen LogP contribution in [0.15, 0.2) is 225 Å². The van der Waals surface area contributed by atoms with Crippen LogP contribution in [0.2, 0.25) is 0 Å². The molecule has 3 aliphatic carbocycles. The van der Waals surface area contributed by atoms with E-state index in [-0.39, 0.29) is 11.8 Å². The van der Waals surface area contributed by atoms with Gasteiger partial charge in [-0.25, -0.2) is 15.0 Å². The van der Waals surface area contributed by atoms with E-state index in [0.29, 0.717) is 5.82 Å². The van der Waals surface area contributed by atoms with Crippen LogP contribution in [-0.2, 0) is 0 Å². The highest BCUT2D eigenvalue weighted by atomic mass is 15.0. The van der Waals surface area contributed by atoms with E-state index in [1.807, 2.05) is 24.8 Å². The zero-order valence-corrected chi connectivity index (χ0v) is 37.6. The van der Waals surface area contributed by atoms with Gasteiger partial charge in [0.1, 0.15) is 5.82 Å². The Hall–Kier alpha value is -8.41. The summed E-state index contributed by atoms with van der Waals surface area (Å²) < 4.78 is 0. The van der Waals surface area contributed by atoms with Gasteiger partial charge in [0.15, 0.2) is 11.6 Å². The van der Waals surface area contributed by atoms with Crippen LogP contribution in [-0.4, -0.2) is 24.9 Å². The predicted molar refractivity (Wildman–Crippen MR) is 280 cm³/mol. The highest BCUT2D eigenvalue weighted by Gasteiger charge is 2.22. The first-order valence-corrected chi connectivity index (χ1v) is 23.6. The number of nitrogens with zero attached hydrogens (tertiary/aromatic N) is 5. The average molecular weight is 874 g/mol. The summed E-state index contributed by atoms with van der Waals surface area (Å²) in [5.74, 6) is 2.50. The predicted octanol–water partition coefficient (Wildman–Crippen LogP) is 15.6. The third-order valence-electron chi connectivity index (χ3n) is 13.6. The molecule has 3 aliphatic rings. The smallest absolute Gasteiger partial charge is 0.163 e. The minimum absolute atomic E-state index is 0.00441. The fraction of sp³-hybridized carbons (Fsp3) is 0.0952. The third kappa shape index (κ3) is 8.24. The van der Waals surface area contributed by atoms with Crippen molar-refractivity contribution in [3.8, 4) is 44.8 Å². The fourth-order valence-electron chi connectivity index (χ4n) is 10.0. The van der Waals surface area contributed by atoms with Crippen LogP contribution < -0.4 is 0 Å². The summed E-state index contributed by atoms with van der Waals surface area (Å²) in [6.45, 7) is 0. The Morgan fingerprint density at radius 3 is 1.74 bits per heavy atom. The van der Waals surface area contributed by atoms with E-state index in [1.54, 1.807) is 0 Å². The van der Waals surface area contributed by atoms with Crippen LogP contribution >= 0.6 is 0 Å². The molecule has 5 nitrogen and oxygen atoms in total. The lowest BCUT2D eigenvalue weighted by Gasteiger charge is -2.20. The quantitative estimate of drug-likeness (QED) is 0.145. The summed E-state index contributed by atoms with van der Waals surface area (Å²) >= 11 is 0. The van der Waals surface area contributed by atoms with Gasteiger partial charge in [-0.15, -0.1) is 0 Å². The van der Waals surface area contributed by atoms with E-state index < -0.39 is 0 Å². The van der Waals surface area contributed by atoms with Gasteiger partial charge in [0, 0.05) is 53.0 Å². The van der Waals surface area contributed by atoms with Gasteiger partial charge in [-0.2, -0.15) is 0 Å². The topological polar surface area (TPSA) is 64.5 Å². The largest absolute Gasteiger partial charge is 0.264 e. The molecule has 0 bridgehead atoms. The second-order valence-corrected chi connectivity index (χ2v) is 17.9. The Morgan fingerprint density at radius 2 is 1.03 bits per heavy atom. The molecule has 0 fully saturated rings. The first kappa shape index (κ1) is 41.1. The standard InChI is InChI=1S/C63H47N5/c1-2-10-46(11-3-1)61-66-62(53-18-6-16-51(38-53)49-14-4-12-47(36-49)42-24-28-44(29-25-42)57-22-8-20-55-40-64-34-32-59(55)57)68-63(67-61)54-19-7-17-52(39-54)50-15-5-13-48(37-50)43-26-30-45(31-27-43)58-23-9-21-56-41-65-35-33-60(56)58/h1-2,4-10,12-14,16-17,19-41,50,53H,3,11,15,18H2. The van der Waals surface area contributed by atoms with Crippen LogP contribution in [0.4, 0.5) is 0 Å². The summed E-state index contributed by atoms with van der Waals surface area (Å²) in [5.41, 5.74) is 15.4. The SMILES string of the molecule is C1=CCCC(c2nc(-c3cccc(C4C=C(c5ccc(-c6cccc7cnccc67)cc5)C=CC4)c3)nc(C3C=C(c4cccc(-c5ccc(-c6cccc7cnccc67)cc5)c4)C=CC3)n2)=C1. The van der Waals surface area contributed by atoms with Crippen molar-refractivity contribution in [2.45, 2.75) is 37.5 Å². The Balaban J connectivity index is 0.826. The minimum Gasteiger partial charge on any atom is -0.264 e. The number of allylic oxidation sites excluding steroid dienone is 12. The molecular formula is C63H47N5. The first-order valence-electron chi connectivity index (χ1n) is 23.6. The van der Waals surface area contributed by atoms with Gasteiger partial charge in [0.25, 0.3) is 0 Å². The van der Waals surface area contributed by atoms with Crippen molar-refractivity contribution < 1.29 is 0 Å². The molecule has 12 rings (SSSR count). The molecule has 0 aliphatic heterocycles. The Morgan fingerprint density at radius 1 is 0.441 bits per heavy atom. The van der Waals surface area contributed by atoms with Gasteiger partial charge >= 0.3 is 0 Å². The molecule has 0 amide bonds. The molecule has 0 saturated heterocycles. The van der Waals surface area contributed by atoms with E-state index in [4.69, 9.17) is 15.0 Å². The number of pyridine rings is 2. The van der Waals surface area contributed by atoms with Crippen LogP contribution in [0.25, 0.3) is 83.0 Å². The number of fused-ring (bicyclic) bond motifs is 2. The summed E-state index contributed by atoms with van der Waals surface area (Å²) in [7, 11) is 0. The Bertz CT molecular complexity index is 3560. The first-order chi connectivity index (χ1) is 33.7. The zero-order valence-electron chi connectivity index (χ0n) is 37.6. The van der Waals surface area contributed by atoms with Crippen LogP contribution in [0.3, 0.4) is 0 Å². The monoisotopic (exact) mass is 873 g/mol. The molecule has 3 aromatic heterocycles. The number of rotatable bonds is 9. The second-order valence-electron chi connectivity index (χ2n) is 17.9. The van der Waals surface area contributed by atoms with Crippen molar-refractivity contribution in [3.63, 3.8) is 0 Å². The van der Waals surface area contributed by atoms with Crippen molar-refractivity contribution in [1.82, 2.24) is 24.9 Å². The lowest BCUT2D eigenvalue weighted by molar-refractivity contribution is 0.756. The maximum absolute atomic E-state index is 5.29. The van der Waals surface area contributed by atoms with Gasteiger partial charge < -0.3 is 0 Å². The van der Waals surface area contributed by atoms with Crippen molar-refractivity contribution in [1.29, 1.82) is 0 Å². The molecule has 9 aromatic rings. The summed E-state index contributed by atoms with van der Waals surface area (Å²) in [4.78, 5) is 24.3. The molecule has 5 heteroatoms.